The fourth-order valence-electron chi connectivity index (χ4n) is 10.2. The third-order valence-electron chi connectivity index (χ3n) is 13.0. The number of aromatic nitrogens is 4. The highest BCUT2D eigenvalue weighted by Crippen LogP contribution is 2.63. The summed E-state index contributed by atoms with van der Waals surface area (Å²) in [6, 6.07) is 76.6. The molecule has 5 nitrogen and oxygen atoms in total. The van der Waals surface area contributed by atoms with Crippen LogP contribution in [0.2, 0.25) is 0 Å². The molecule has 2 aliphatic rings. The van der Waals surface area contributed by atoms with Crippen molar-refractivity contribution in [3.63, 3.8) is 0 Å². The highest BCUT2D eigenvalue weighted by molar-refractivity contribution is 6.19. The SMILES string of the molecule is c1ccc(-c2ccc(-c3nc(-c4ccccc4)nc(-c4ccc(-c5nc6ccccc6c6c7c(ccc56)C5(c6ccccc6Oc6ccccc65)c5ccccc5-7)cc4)n3)cc2)cc1. The van der Waals surface area contributed by atoms with E-state index in [0.717, 1.165) is 78.0 Å². The monoisotopic (exact) mass is 816 g/mol. The van der Waals surface area contributed by atoms with Crippen molar-refractivity contribution in [3.05, 3.63) is 241 Å². The molecule has 3 heterocycles. The average molecular weight is 817 g/mol. The van der Waals surface area contributed by atoms with Gasteiger partial charge in [-0.15, -0.1) is 0 Å². The molecule has 1 aliphatic heterocycles. The molecule has 0 amide bonds. The zero-order valence-corrected chi connectivity index (χ0v) is 34.5. The van der Waals surface area contributed by atoms with Gasteiger partial charge in [-0.2, -0.15) is 0 Å². The van der Waals surface area contributed by atoms with E-state index < -0.39 is 5.41 Å². The Morgan fingerprint density at radius 3 is 1.42 bits per heavy atom. The minimum absolute atomic E-state index is 0.566. The summed E-state index contributed by atoms with van der Waals surface area (Å²) in [5.41, 5.74) is 14.6. The lowest BCUT2D eigenvalue weighted by molar-refractivity contribution is 0.436. The molecule has 64 heavy (non-hydrogen) atoms. The fourth-order valence-corrected chi connectivity index (χ4v) is 10.2. The van der Waals surface area contributed by atoms with Crippen molar-refractivity contribution < 1.29 is 4.74 Å². The van der Waals surface area contributed by atoms with Crippen LogP contribution >= 0.6 is 0 Å². The van der Waals surface area contributed by atoms with Gasteiger partial charge in [0.15, 0.2) is 17.5 Å². The predicted molar refractivity (Wildman–Crippen MR) is 257 cm³/mol. The van der Waals surface area contributed by atoms with Crippen LogP contribution in [0.15, 0.2) is 218 Å². The van der Waals surface area contributed by atoms with Crippen molar-refractivity contribution in [1.29, 1.82) is 0 Å². The Hall–Kier alpha value is -8.54. The van der Waals surface area contributed by atoms with E-state index in [-0.39, 0.29) is 0 Å². The van der Waals surface area contributed by atoms with Crippen LogP contribution in [-0.2, 0) is 5.41 Å². The molecule has 11 aromatic rings. The summed E-state index contributed by atoms with van der Waals surface area (Å²) in [5.74, 6) is 3.62. The van der Waals surface area contributed by atoms with Crippen LogP contribution in [-0.4, -0.2) is 19.9 Å². The van der Waals surface area contributed by atoms with E-state index in [1.165, 1.54) is 27.6 Å². The van der Waals surface area contributed by atoms with Gasteiger partial charge in [0.25, 0.3) is 0 Å². The molecular formula is C59H36N4O. The van der Waals surface area contributed by atoms with E-state index in [2.05, 4.69) is 182 Å². The maximum atomic E-state index is 6.63. The van der Waals surface area contributed by atoms with Crippen molar-refractivity contribution >= 4 is 21.7 Å². The summed E-state index contributed by atoms with van der Waals surface area (Å²) >= 11 is 0. The maximum absolute atomic E-state index is 6.63. The minimum Gasteiger partial charge on any atom is -0.457 e. The van der Waals surface area contributed by atoms with Crippen molar-refractivity contribution in [3.8, 4) is 79.2 Å². The molecule has 0 saturated carbocycles. The van der Waals surface area contributed by atoms with E-state index in [1.807, 2.05) is 36.4 Å². The lowest BCUT2D eigenvalue weighted by atomic mass is 9.66. The Labute approximate surface area is 370 Å². The molecule has 1 aliphatic carbocycles. The van der Waals surface area contributed by atoms with Crippen LogP contribution in [0.25, 0.3) is 89.4 Å². The molecule has 5 heteroatoms. The second-order valence-electron chi connectivity index (χ2n) is 16.5. The van der Waals surface area contributed by atoms with E-state index in [1.54, 1.807) is 0 Å². The fraction of sp³-hybridized carbons (Fsp3) is 0.0169. The number of hydrogen-bond acceptors (Lipinski definition) is 5. The quantitative estimate of drug-likeness (QED) is 0.162. The number of para-hydroxylation sites is 3. The van der Waals surface area contributed by atoms with Gasteiger partial charge in [-0.25, -0.2) is 19.9 Å². The lowest BCUT2D eigenvalue weighted by Crippen LogP contribution is -2.32. The first kappa shape index (κ1) is 36.1. The summed E-state index contributed by atoms with van der Waals surface area (Å²) in [6.07, 6.45) is 0. The normalized spacial score (nSPS) is 12.9. The first-order chi connectivity index (χ1) is 31.7. The molecular weight excluding hydrogens is 781 g/mol. The van der Waals surface area contributed by atoms with Gasteiger partial charge in [0.1, 0.15) is 11.5 Å². The smallest absolute Gasteiger partial charge is 0.164 e. The predicted octanol–water partition coefficient (Wildman–Crippen LogP) is 14.4. The number of hydrogen-bond donors (Lipinski definition) is 0. The molecule has 0 saturated heterocycles. The van der Waals surface area contributed by atoms with Gasteiger partial charge in [-0.1, -0.05) is 200 Å². The van der Waals surface area contributed by atoms with E-state index in [9.17, 15) is 0 Å². The second kappa shape index (κ2) is 14.3. The molecule has 0 radical (unpaired) electrons. The minimum atomic E-state index is -0.566. The Bertz CT molecular complexity index is 3580. The third-order valence-corrected chi connectivity index (χ3v) is 13.0. The van der Waals surface area contributed by atoms with Crippen LogP contribution in [0.4, 0.5) is 0 Å². The third kappa shape index (κ3) is 5.44. The molecule has 1 spiro atoms. The largest absolute Gasteiger partial charge is 0.457 e. The number of ether oxygens (including phenoxy) is 1. The van der Waals surface area contributed by atoms with Crippen LogP contribution in [0, 0.1) is 0 Å². The average Bonchev–Trinajstić information content (AvgIpc) is 3.67. The molecule has 298 valence electrons. The summed E-state index contributed by atoms with van der Waals surface area (Å²) in [6.45, 7) is 0. The first-order valence-corrected chi connectivity index (χ1v) is 21.6. The van der Waals surface area contributed by atoms with Crippen molar-refractivity contribution in [2.24, 2.45) is 0 Å². The van der Waals surface area contributed by atoms with Crippen molar-refractivity contribution in [2.45, 2.75) is 5.41 Å². The Kier molecular flexibility index (Phi) is 8.06. The number of nitrogens with zero attached hydrogens (tertiary/aromatic N) is 4. The molecule has 0 fully saturated rings. The topological polar surface area (TPSA) is 60.8 Å². The maximum Gasteiger partial charge on any atom is 0.164 e. The zero-order chi connectivity index (χ0) is 42.2. The zero-order valence-electron chi connectivity index (χ0n) is 34.5. The van der Waals surface area contributed by atoms with Gasteiger partial charge in [0.05, 0.1) is 16.6 Å². The van der Waals surface area contributed by atoms with Gasteiger partial charge in [-0.3, -0.25) is 0 Å². The standard InChI is InChI=1S/C59H36N4O/c1-3-15-37(16-4-1)38-27-31-41(32-28-38)57-61-56(40-17-5-2-6-18-40)62-58(63-57)42-33-29-39(30-34-42)55-45-35-36-49-54(53(45)44-20-8-12-24-50(44)60-55)43-19-7-9-21-46(43)59(49)47-22-10-13-25-51(47)64-52-26-14-11-23-48(52)59/h1-36H. The molecule has 2 aromatic heterocycles. The summed E-state index contributed by atoms with van der Waals surface area (Å²) in [5, 5.41) is 3.41. The Balaban J connectivity index is 0.977. The van der Waals surface area contributed by atoms with Crippen LogP contribution in [0.1, 0.15) is 22.3 Å². The molecule has 0 N–H and O–H groups in total. The van der Waals surface area contributed by atoms with Crippen LogP contribution in [0.5, 0.6) is 11.5 Å². The number of benzene rings is 9. The van der Waals surface area contributed by atoms with Crippen LogP contribution < -0.4 is 4.74 Å². The Morgan fingerprint density at radius 2 is 0.781 bits per heavy atom. The highest BCUT2D eigenvalue weighted by Gasteiger charge is 2.51. The highest BCUT2D eigenvalue weighted by atomic mass is 16.5. The first-order valence-electron chi connectivity index (χ1n) is 21.6. The Morgan fingerprint density at radius 1 is 0.312 bits per heavy atom. The number of fused-ring (bicyclic) bond motifs is 13. The van der Waals surface area contributed by atoms with Gasteiger partial charge < -0.3 is 4.74 Å². The van der Waals surface area contributed by atoms with Gasteiger partial charge in [0.2, 0.25) is 0 Å². The molecule has 9 aromatic carbocycles. The van der Waals surface area contributed by atoms with E-state index in [4.69, 9.17) is 24.7 Å². The summed E-state index contributed by atoms with van der Waals surface area (Å²) in [4.78, 5) is 20.5. The summed E-state index contributed by atoms with van der Waals surface area (Å²) < 4.78 is 6.63. The van der Waals surface area contributed by atoms with Crippen LogP contribution in [0.3, 0.4) is 0 Å². The molecule has 0 unspecified atom stereocenters. The molecule has 0 bridgehead atoms. The number of rotatable bonds is 5. The van der Waals surface area contributed by atoms with Crippen molar-refractivity contribution in [2.75, 3.05) is 0 Å². The van der Waals surface area contributed by atoms with Gasteiger partial charge >= 0.3 is 0 Å². The molecule has 13 rings (SSSR count). The van der Waals surface area contributed by atoms with E-state index >= 15 is 0 Å². The number of pyridine rings is 1. The van der Waals surface area contributed by atoms with Crippen molar-refractivity contribution in [1.82, 2.24) is 19.9 Å². The molecule has 0 atom stereocenters. The summed E-state index contributed by atoms with van der Waals surface area (Å²) in [7, 11) is 0. The van der Waals surface area contributed by atoms with Gasteiger partial charge in [0, 0.05) is 49.5 Å². The second-order valence-corrected chi connectivity index (χ2v) is 16.5. The lowest BCUT2D eigenvalue weighted by Gasteiger charge is -2.39. The van der Waals surface area contributed by atoms with E-state index in [0.29, 0.717) is 17.5 Å². The van der Waals surface area contributed by atoms with Gasteiger partial charge in [-0.05, 0) is 51.6 Å².